The molecule has 1 amide bonds. The van der Waals surface area contributed by atoms with E-state index >= 15 is 0 Å². The molecule has 7 heteroatoms. The van der Waals surface area contributed by atoms with Crippen LogP contribution in [0.1, 0.15) is 62.0 Å². The first-order valence-electron chi connectivity index (χ1n) is 9.41. The molecule has 0 unspecified atom stereocenters. The lowest BCUT2D eigenvalue weighted by Crippen LogP contribution is -2.38. The van der Waals surface area contributed by atoms with Gasteiger partial charge in [0, 0.05) is 29.8 Å². The summed E-state index contributed by atoms with van der Waals surface area (Å²) in [6.45, 7) is 2.81. The number of amides is 1. The van der Waals surface area contributed by atoms with Gasteiger partial charge in [0.2, 0.25) is 0 Å². The predicted octanol–water partition coefficient (Wildman–Crippen LogP) is 3.28. The highest BCUT2D eigenvalue weighted by atomic mass is 35.5. The van der Waals surface area contributed by atoms with Crippen LogP contribution in [-0.4, -0.2) is 47.5 Å². The number of carbonyl (C=O) groups excluding carboxylic acids is 4. The topological polar surface area (TPSA) is 80.8 Å². The second-order valence-corrected chi connectivity index (χ2v) is 7.51. The first-order chi connectivity index (χ1) is 13.9. The molecule has 0 spiro atoms. The van der Waals surface area contributed by atoms with Crippen LogP contribution in [0.15, 0.2) is 36.4 Å². The van der Waals surface area contributed by atoms with Crippen LogP contribution in [0.4, 0.5) is 0 Å². The summed E-state index contributed by atoms with van der Waals surface area (Å²) in [5.41, 5.74) is 0.642. The molecule has 148 valence electrons. The third kappa shape index (κ3) is 3.23. The Kier molecular flexibility index (Phi) is 4.96. The molecular weight excluding hydrogens is 394 g/mol. The molecule has 29 heavy (non-hydrogen) atoms. The van der Waals surface area contributed by atoms with E-state index in [0.717, 1.165) is 12.8 Å². The zero-order valence-electron chi connectivity index (χ0n) is 15.7. The Balaban J connectivity index is 1.63. The Morgan fingerprint density at radius 1 is 0.966 bits per heavy atom. The van der Waals surface area contributed by atoms with Gasteiger partial charge in [-0.3, -0.25) is 14.4 Å². The highest BCUT2D eigenvalue weighted by Crippen LogP contribution is 2.34. The fourth-order valence-corrected chi connectivity index (χ4v) is 4.10. The van der Waals surface area contributed by atoms with E-state index in [0.29, 0.717) is 18.7 Å². The van der Waals surface area contributed by atoms with Crippen LogP contribution in [0.25, 0.3) is 0 Å². The maximum atomic E-state index is 12.9. The minimum atomic E-state index is -0.967. The van der Waals surface area contributed by atoms with Gasteiger partial charge in [-0.25, -0.2) is 4.79 Å². The third-order valence-electron chi connectivity index (χ3n) is 5.30. The van der Waals surface area contributed by atoms with Crippen LogP contribution in [0.2, 0.25) is 5.02 Å². The molecular formula is C22H18ClNO5. The number of esters is 1. The van der Waals surface area contributed by atoms with E-state index in [4.69, 9.17) is 16.3 Å². The zero-order valence-corrected chi connectivity index (χ0v) is 16.5. The van der Waals surface area contributed by atoms with E-state index < -0.39 is 17.9 Å². The largest absolute Gasteiger partial charge is 0.449 e. The Hall–Kier alpha value is -2.99. The van der Waals surface area contributed by atoms with Gasteiger partial charge in [-0.05, 0) is 31.9 Å². The van der Waals surface area contributed by atoms with Crippen molar-refractivity contribution >= 4 is 35.0 Å². The van der Waals surface area contributed by atoms with Gasteiger partial charge >= 0.3 is 5.97 Å². The van der Waals surface area contributed by atoms with E-state index in [9.17, 15) is 19.2 Å². The van der Waals surface area contributed by atoms with Crippen LogP contribution in [0, 0.1) is 0 Å². The molecule has 2 aliphatic rings. The number of nitrogens with zero attached hydrogens (tertiary/aromatic N) is 1. The van der Waals surface area contributed by atoms with Crippen LogP contribution in [0.3, 0.4) is 0 Å². The lowest BCUT2D eigenvalue weighted by atomic mass is 9.83. The third-order valence-corrected chi connectivity index (χ3v) is 5.69. The molecule has 6 nitrogen and oxygen atoms in total. The van der Waals surface area contributed by atoms with Gasteiger partial charge in [0.25, 0.3) is 5.91 Å². The number of benzene rings is 2. The Labute approximate surface area is 172 Å². The molecule has 1 atom stereocenters. The summed E-state index contributed by atoms with van der Waals surface area (Å²) in [6.07, 6.45) is 0.896. The first kappa shape index (κ1) is 19.3. The predicted molar refractivity (Wildman–Crippen MR) is 105 cm³/mol. The van der Waals surface area contributed by atoms with Gasteiger partial charge < -0.3 is 9.64 Å². The summed E-state index contributed by atoms with van der Waals surface area (Å²) in [5, 5.41) is -0.138. The van der Waals surface area contributed by atoms with Crippen molar-refractivity contribution in [2.75, 3.05) is 13.1 Å². The van der Waals surface area contributed by atoms with Gasteiger partial charge in [0.15, 0.2) is 17.7 Å². The second kappa shape index (κ2) is 7.44. The van der Waals surface area contributed by atoms with Crippen LogP contribution in [0.5, 0.6) is 0 Å². The highest BCUT2D eigenvalue weighted by Gasteiger charge is 2.34. The number of likely N-dealkylation sites (tertiary alicyclic amines) is 1. The SMILES string of the molecule is C[C@@H](OC(=O)c1ccc2c(c1Cl)C(=O)c1ccccc1C2=O)C(=O)N1CCCC1. The quantitative estimate of drug-likeness (QED) is 0.618. The summed E-state index contributed by atoms with van der Waals surface area (Å²) in [7, 11) is 0. The standard InChI is InChI=1S/C22H18ClNO5/c1-12(21(27)24-10-4-5-11-24)29-22(28)16-9-8-15-17(18(16)23)20(26)14-7-3-2-6-13(14)19(15)25/h2-3,6-9,12H,4-5,10-11H2,1H3/t12-/m1/s1. The van der Waals surface area contributed by atoms with Crippen molar-refractivity contribution in [3.05, 3.63) is 69.2 Å². The molecule has 1 heterocycles. The summed E-state index contributed by atoms with van der Waals surface area (Å²) in [4.78, 5) is 52.3. The molecule has 4 rings (SSSR count). The van der Waals surface area contributed by atoms with Crippen molar-refractivity contribution in [3.63, 3.8) is 0 Å². The molecule has 1 saturated heterocycles. The van der Waals surface area contributed by atoms with Crippen molar-refractivity contribution in [2.24, 2.45) is 0 Å². The average Bonchev–Trinajstić information content (AvgIpc) is 3.26. The number of ketones is 2. The maximum Gasteiger partial charge on any atom is 0.340 e. The van der Waals surface area contributed by atoms with E-state index in [1.54, 1.807) is 29.2 Å². The Bertz CT molecular complexity index is 1060. The van der Waals surface area contributed by atoms with Crippen LogP contribution >= 0.6 is 11.6 Å². The average molecular weight is 412 g/mol. The van der Waals surface area contributed by atoms with Crippen molar-refractivity contribution in [2.45, 2.75) is 25.9 Å². The lowest BCUT2D eigenvalue weighted by Gasteiger charge is -2.22. The van der Waals surface area contributed by atoms with E-state index in [-0.39, 0.29) is 39.0 Å². The molecule has 0 bridgehead atoms. The Morgan fingerprint density at radius 3 is 2.24 bits per heavy atom. The van der Waals surface area contributed by atoms with Gasteiger partial charge in [-0.2, -0.15) is 0 Å². The summed E-state index contributed by atoms with van der Waals surface area (Å²) in [5.74, 6) is -1.81. The number of hydrogen-bond acceptors (Lipinski definition) is 5. The van der Waals surface area contributed by atoms with E-state index in [2.05, 4.69) is 0 Å². The second-order valence-electron chi connectivity index (χ2n) is 7.13. The number of rotatable bonds is 3. The number of hydrogen-bond donors (Lipinski definition) is 0. The fraction of sp³-hybridized carbons (Fsp3) is 0.273. The molecule has 0 aromatic heterocycles. The van der Waals surface area contributed by atoms with Gasteiger partial charge in [-0.1, -0.05) is 35.9 Å². The fourth-order valence-electron chi connectivity index (χ4n) is 3.77. The summed E-state index contributed by atoms with van der Waals surface area (Å²) in [6, 6.07) is 9.24. The molecule has 2 aromatic rings. The van der Waals surface area contributed by atoms with Crippen molar-refractivity contribution in [1.82, 2.24) is 4.90 Å². The van der Waals surface area contributed by atoms with Gasteiger partial charge in [0.1, 0.15) is 0 Å². The first-order valence-corrected chi connectivity index (χ1v) is 9.78. The minimum Gasteiger partial charge on any atom is -0.449 e. The molecule has 0 saturated carbocycles. The number of halogens is 1. The minimum absolute atomic E-state index is 0.0108. The zero-order chi connectivity index (χ0) is 20.7. The number of fused-ring (bicyclic) bond motifs is 2. The highest BCUT2D eigenvalue weighted by molar-refractivity contribution is 6.41. The molecule has 0 N–H and O–H groups in total. The summed E-state index contributed by atoms with van der Waals surface area (Å²) >= 11 is 6.37. The van der Waals surface area contributed by atoms with E-state index in [1.807, 2.05) is 0 Å². The molecule has 2 aromatic carbocycles. The van der Waals surface area contributed by atoms with Gasteiger partial charge in [0.05, 0.1) is 16.1 Å². The number of ether oxygens (including phenoxy) is 1. The molecule has 1 fully saturated rings. The van der Waals surface area contributed by atoms with Crippen LogP contribution in [-0.2, 0) is 9.53 Å². The normalized spacial score (nSPS) is 16.3. The summed E-state index contributed by atoms with van der Waals surface area (Å²) < 4.78 is 5.30. The maximum absolute atomic E-state index is 12.9. The van der Waals surface area contributed by atoms with Gasteiger partial charge in [-0.15, -0.1) is 0 Å². The van der Waals surface area contributed by atoms with Crippen molar-refractivity contribution < 1.29 is 23.9 Å². The monoisotopic (exact) mass is 411 g/mol. The molecule has 1 aliphatic heterocycles. The smallest absolute Gasteiger partial charge is 0.340 e. The van der Waals surface area contributed by atoms with E-state index in [1.165, 1.54) is 19.1 Å². The van der Waals surface area contributed by atoms with Crippen LogP contribution < -0.4 is 0 Å². The lowest BCUT2D eigenvalue weighted by molar-refractivity contribution is -0.138. The Morgan fingerprint density at radius 2 is 1.59 bits per heavy atom. The molecule has 1 aliphatic carbocycles. The van der Waals surface area contributed by atoms with Crippen molar-refractivity contribution in [1.29, 1.82) is 0 Å². The van der Waals surface area contributed by atoms with Crippen molar-refractivity contribution in [3.8, 4) is 0 Å². The molecule has 0 radical (unpaired) electrons. The number of carbonyl (C=O) groups is 4.